The molecule has 1 amide bonds. The number of carbonyl (C=O) groups is 1. The van der Waals surface area contributed by atoms with E-state index in [2.05, 4.69) is 5.32 Å². The van der Waals surface area contributed by atoms with E-state index < -0.39 is 43.4 Å². The van der Waals surface area contributed by atoms with Crippen LogP contribution in [0.3, 0.4) is 0 Å². The summed E-state index contributed by atoms with van der Waals surface area (Å²) >= 11 is 1.32. The summed E-state index contributed by atoms with van der Waals surface area (Å²) in [5.74, 6) is 0.350. The normalized spacial score (nSPS) is 26.1. The number of hydrogen-bond acceptors (Lipinski definition) is 11. The van der Waals surface area contributed by atoms with Crippen LogP contribution in [-0.2, 0) is 16.0 Å². The molecular weight excluding hydrogens is 530 g/mol. The number of rotatable bonds is 7. The molecule has 0 unspecified atom stereocenters. The van der Waals surface area contributed by atoms with Gasteiger partial charge in [0, 0.05) is 12.5 Å². The number of methoxy groups -OCH3 is 2. The van der Waals surface area contributed by atoms with Crippen LogP contribution in [0.15, 0.2) is 34.0 Å². The third kappa shape index (κ3) is 5.58. The van der Waals surface area contributed by atoms with Crippen molar-refractivity contribution < 1.29 is 44.2 Å². The zero-order valence-electron chi connectivity index (χ0n) is 22.0. The van der Waals surface area contributed by atoms with Gasteiger partial charge >= 0.3 is 0 Å². The molecule has 4 rings (SSSR count). The Morgan fingerprint density at radius 2 is 1.82 bits per heavy atom. The molecule has 1 fully saturated rings. The lowest BCUT2D eigenvalue weighted by atomic mass is 9.95. The van der Waals surface area contributed by atoms with E-state index in [1.165, 1.54) is 32.9 Å². The van der Waals surface area contributed by atoms with Crippen LogP contribution in [-0.4, -0.2) is 84.1 Å². The number of ether oxygens (including phenoxy) is 4. The Hall–Kier alpha value is -2.87. The second kappa shape index (κ2) is 12.1. The molecule has 212 valence electrons. The fraction of sp³-hybridized carbons (Fsp3) is 0.481. The maximum Gasteiger partial charge on any atom is 0.229 e. The van der Waals surface area contributed by atoms with Gasteiger partial charge in [-0.3, -0.25) is 9.59 Å². The number of aryl methyl sites for hydroxylation is 1. The highest BCUT2D eigenvalue weighted by Gasteiger charge is 2.45. The fourth-order valence-corrected chi connectivity index (χ4v) is 5.55. The average molecular weight is 564 g/mol. The van der Waals surface area contributed by atoms with E-state index in [0.29, 0.717) is 40.2 Å². The highest BCUT2D eigenvalue weighted by Crippen LogP contribution is 2.50. The van der Waals surface area contributed by atoms with Gasteiger partial charge in [-0.05, 0) is 54.0 Å². The topological polar surface area (TPSA) is 164 Å². The average Bonchev–Trinajstić information content (AvgIpc) is 3.16. The number of thioether (sulfide) groups is 1. The molecule has 0 saturated carbocycles. The van der Waals surface area contributed by atoms with Crippen molar-refractivity contribution in [1.82, 2.24) is 5.32 Å². The minimum absolute atomic E-state index is 0.131. The van der Waals surface area contributed by atoms with E-state index in [0.717, 1.165) is 5.56 Å². The molecule has 0 bridgehead atoms. The largest absolute Gasteiger partial charge is 0.492 e. The minimum Gasteiger partial charge on any atom is -0.492 e. The van der Waals surface area contributed by atoms with Gasteiger partial charge in [-0.15, -0.1) is 11.8 Å². The number of fused-ring (bicyclic) bond motifs is 3. The second-order valence-electron chi connectivity index (χ2n) is 9.36. The molecule has 2 aromatic carbocycles. The van der Waals surface area contributed by atoms with Crippen molar-refractivity contribution in [2.24, 2.45) is 0 Å². The lowest BCUT2D eigenvalue weighted by Crippen LogP contribution is -2.60. The first-order valence-electron chi connectivity index (χ1n) is 12.4. The summed E-state index contributed by atoms with van der Waals surface area (Å²) in [4.78, 5) is 25.6. The van der Waals surface area contributed by atoms with Gasteiger partial charge in [0.15, 0.2) is 16.9 Å². The van der Waals surface area contributed by atoms with Crippen molar-refractivity contribution in [3.63, 3.8) is 0 Å². The number of benzene rings is 1. The third-order valence-electron chi connectivity index (χ3n) is 6.97. The first-order chi connectivity index (χ1) is 18.6. The van der Waals surface area contributed by atoms with Crippen molar-refractivity contribution in [3.8, 4) is 28.4 Å². The molecule has 2 aromatic rings. The second-order valence-corrected chi connectivity index (χ2v) is 10.2. The molecule has 0 aromatic heterocycles. The number of carbonyl (C=O) groups excluding carboxylic acids is 1. The smallest absolute Gasteiger partial charge is 0.229 e. The molecule has 1 aliphatic carbocycles. The van der Waals surface area contributed by atoms with Crippen LogP contribution >= 0.6 is 11.8 Å². The van der Waals surface area contributed by atoms with Gasteiger partial charge in [0.25, 0.3) is 0 Å². The molecule has 12 heteroatoms. The van der Waals surface area contributed by atoms with Crippen LogP contribution < -0.4 is 25.0 Å². The van der Waals surface area contributed by atoms with Gasteiger partial charge in [-0.1, -0.05) is 6.07 Å². The van der Waals surface area contributed by atoms with Gasteiger partial charge in [-0.25, -0.2) is 0 Å². The molecule has 6 atom stereocenters. The summed E-state index contributed by atoms with van der Waals surface area (Å²) in [7, 11) is 2.87. The number of nitrogens with one attached hydrogen (secondary N) is 1. The van der Waals surface area contributed by atoms with Crippen molar-refractivity contribution in [2.45, 2.75) is 61.4 Å². The molecule has 11 nitrogen and oxygen atoms in total. The van der Waals surface area contributed by atoms with Crippen LogP contribution in [0.2, 0.25) is 0 Å². The molecule has 0 radical (unpaired) electrons. The molecule has 5 N–H and O–H groups in total. The number of aliphatic hydroxyl groups excluding tert-OH is 4. The lowest BCUT2D eigenvalue weighted by Gasteiger charge is -2.39. The van der Waals surface area contributed by atoms with Gasteiger partial charge in [-0.2, -0.15) is 0 Å². The van der Waals surface area contributed by atoms with Gasteiger partial charge < -0.3 is 44.7 Å². The zero-order valence-corrected chi connectivity index (χ0v) is 22.9. The Labute approximate surface area is 229 Å². The van der Waals surface area contributed by atoms with Gasteiger partial charge in [0.05, 0.1) is 31.8 Å². The summed E-state index contributed by atoms with van der Waals surface area (Å²) in [6, 6.07) is 6.34. The molecular formula is C27H33NO10S. The van der Waals surface area contributed by atoms with Crippen LogP contribution in [0.4, 0.5) is 0 Å². The quantitative estimate of drug-likeness (QED) is 0.302. The summed E-state index contributed by atoms with van der Waals surface area (Å²) < 4.78 is 23.0. The number of aliphatic hydroxyl groups is 4. The number of amides is 1. The van der Waals surface area contributed by atoms with E-state index >= 15 is 0 Å². The highest BCUT2D eigenvalue weighted by molar-refractivity contribution is 7.98. The van der Waals surface area contributed by atoms with Crippen LogP contribution in [0.1, 0.15) is 30.5 Å². The van der Waals surface area contributed by atoms with E-state index in [1.807, 2.05) is 12.3 Å². The summed E-state index contributed by atoms with van der Waals surface area (Å²) in [5.41, 5.74) is 2.55. The standard InChI is InChI=1S/C27H33NO10S/c1-12(30)28-16-7-5-13-9-18(37-27-24(34)23(33)22(32)19(11-29)38-27)25(35-2)26(36-3)21(13)14-6-8-20(39-4)17(31)10-15(14)16/h6,8-10,16,19,22-24,27,29,32-34H,5,7,11H2,1-4H3,(H,28,30)/t16-,19+,22+,23-,24+,27+/m0/s1. The predicted molar refractivity (Wildman–Crippen MR) is 142 cm³/mol. The Morgan fingerprint density at radius 3 is 2.44 bits per heavy atom. The number of hydrogen-bond donors (Lipinski definition) is 5. The van der Waals surface area contributed by atoms with Crippen LogP contribution in [0, 0.1) is 0 Å². The summed E-state index contributed by atoms with van der Waals surface area (Å²) in [6.07, 6.45) is -4.64. The summed E-state index contributed by atoms with van der Waals surface area (Å²) in [6.45, 7) is 0.815. The monoisotopic (exact) mass is 563 g/mol. The Morgan fingerprint density at radius 1 is 1.10 bits per heavy atom. The van der Waals surface area contributed by atoms with E-state index in [-0.39, 0.29) is 22.8 Å². The Kier molecular flexibility index (Phi) is 9.04. The van der Waals surface area contributed by atoms with E-state index in [1.54, 1.807) is 18.2 Å². The van der Waals surface area contributed by atoms with Crippen molar-refractivity contribution >= 4 is 17.7 Å². The lowest BCUT2D eigenvalue weighted by molar-refractivity contribution is -0.277. The third-order valence-corrected chi connectivity index (χ3v) is 7.75. The van der Waals surface area contributed by atoms with E-state index in [4.69, 9.17) is 18.9 Å². The SMILES string of the molecule is COc1c(O[C@@H]2O[C@H](CO)[C@@H](O)[C@H](O)[C@H]2O)cc2c(c1OC)-c1ccc(SC)c(=O)cc1[C@@H](NC(C)=O)CC2. The molecule has 39 heavy (non-hydrogen) atoms. The maximum atomic E-state index is 13.0. The van der Waals surface area contributed by atoms with Crippen LogP contribution in [0.25, 0.3) is 11.1 Å². The first kappa shape index (κ1) is 29.1. The van der Waals surface area contributed by atoms with Crippen molar-refractivity contribution in [3.05, 3.63) is 45.6 Å². The molecule has 2 aliphatic rings. The Bertz CT molecular complexity index is 1290. The van der Waals surface area contributed by atoms with Crippen molar-refractivity contribution in [2.75, 3.05) is 27.1 Å². The van der Waals surface area contributed by atoms with Crippen LogP contribution in [0.5, 0.6) is 17.2 Å². The fourth-order valence-electron chi connectivity index (χ4n) is 5.09. The zero-order chi connectivity index (χ0) is 28.4. The minimum atomic E-state index is -1.62. The molecule has 1 heterocycles. The molecule has 1 aliphatic heterocycles. The molecule has 1 saturated heterocycles. The maximum absolute atomic E-state index is 13.0. The van der Waals surface area contributed by atoms with Gasteiger partial charge in [0.1, 0.15) is 24.4 Å². The predicted octanol–water partition coefficient (Wildman–Crippen LogP) is 0.755. The highest BCUT2D eigenvalue weighted by atomic mass is 32.2. The molecule has 0 spiro atoms. The Balaban J connectivity index is 1.89. The first-order valence-corrected chi connectivity index (χ1v) is 13.6. The summed E-state index contributed by atoms with van der Waals surface area (Å²) in [5, 5.41) is 43.4. The van der Waals surface area contributed by atoms with Crippen molar-refractivity contribution in [1.29, 1.82) is 0 Å². The van der Waals surface area contributed by atoms with Gasteiger partial charge in [0.2, 0.25) is 17.9 Å². The van der Waals surface area contributed by atoms with E-state index in [9.17, 15) is 30.0 Å².